The van der Waals surface area contributed by atoms with Crippen molar-refractivity contribution < 1.29 is 15.3 Å². The van der Waals surface area contributed by atoms with Crippen LogP contribution in [0.4, 0.5) is 17.8 Å². The third-order valence-electron chi connectivity index (χ3n) is 9.24. The number of piperidine rings is 3. The van der Waals surface area contributed by atoms with E-state index in [4.69, 9.17) is 15.0 Å². The molecule has 0 aromatic carbocycles. The van der Waals surface area contributed by atoms with Gasteiger partial charge in [-0.15, -0.1) is 0 Å². The first-order valence-corrected chi connectivity index (χ1v) is 14.7. The van der Waals surface area contributed by atoms with E-state index in [1.165, 1.54) is 0 Å². The van der Waals surface area contributed by atoms with Gasteiger partial charge in [-0.05, 0) is 122 Å². The smallest absolute Gasteiger partial charge is 0.232 e. The molecule has 0 radical (unpaired) electrons. The number of hydrogen-bond donors (Lipinski definition) is 3. The number of anilines is 3. The van der Waals surface area contributed by atoms with Crippen molar-refractivity contribution in [3.63, 3.8) is 0 Å². The average molecular weight is 547 g/mol. The van der Waals surface area contributed by atoms with Crippen molar-refractivity contribution in [2.24, 2.45) is 0 Å². The van der Waals surface area contributed by atoms with Gasteiger partial charge >= 0.3 is 0 Å². The molecule has 3 N–H and O–H groups in total. The third kappa shape index (κ3) is 5.47. The van der Waals surface area contributed by atoms with Crippen molar-refractivity contribution in [3.8, 4) is 0 Å². The van der Waals surface area contributed by atoms with E-state index in [-0.39, 0.29) is 33.2 Å². The first-order valence-electron chi connectivity index (χ1n) is 14.7. The summed E-state index contributed by atoms with van der Waals surface area (Å²) in [5.41, 5.74) is -2.31. The molecule has 1 aromatic rings. The largest absolute Gasteiger partial charge is 0.393 e. The van der Waals surface area contributed by atoms with Crippen LogP contribution in [0, 0.1) is 0 Å². The van der Waals surface area contributed by atoms with Crippen molar-refractivity contribution in [2.45, 2.75) is 173 Å². The summed E-state index contributed by atoms with van der Waals surface area (Å²) in [5.74, 6) is 1.81. The molecule has 3 aliphatic rings. The number of nitrogens with zero attached hydrogens (tertiary/aromatic N) is 6. The molecular formula is C30H54N6O3. The summed E-state index contributed by atoms with van der Waals surface area (Å²) in [6.07, 6.45) is 2.52. The second kappa shape index (κ2) is 9.15. The van der Waals surface area contributed by atoms with Crippen molar-refractivity contribution in [3.05, 3.63) is 0 Å². The Hall–Kier alpha value is -1.71. The fraction of sp³-hybridized carbons (Fsp3) is 0.900. The monoisotopic (exact) mass is 546 g/mol. The van der Waals surface area contributed by atoms with Crippen LogP contribution in [-0.4, -0.2) is 81.8 Å². The van der Waals surface area contributed by atoms with Crippen molar-refractivity contribution >= 4 is 17.8 Å². The Morgan fingerprint density at radius 3 is 0.718 bits per heavy atom. The van der Waals surface area contributed by atoms with Crippen LogP contribution in [0.5, 0.6) is 0 Å². The van der Waals surface area contributed by atoms with Crippen LogP contribution >= 0.6 is 0 Å². The maximum Gasteiger partial charge on any atom is 0.232 e. The quantitative estimate of drug-likeness (QED) is 0.507. The van der Waals surface area contributed by atoms with E-state index >= 15 is 0 Å². The molecule has 0 aliphatic carbocycles. The van der Waals surface area contributed by atoms with Crippen LogP contribution < -0.4 is 14.7 Å². The first-order chi connectivity index (χ1) is 17.5. The van der Waals surface area contributed by atoms with Gasteiger partial charge in [0.2, 0.25) is 17.8 Å². The standard InChI is InChI=1S/C30H54N6O3/c1-25(2)13-19(37)14-26(3,4)34(25)22-31-23(35-27(5,6)15-20(38)16-28(35,7)8)33-24(32-22)36-29(9,10)17-21(39)18-30(36,11)12/h19-21,37-39H,13-18H2,1-12H3. The highest BCUT2D eigenvalue weighted by atomic mass is 16.3. The number of aliphatic hydroxyl groups is 3. The van der Waals surface area contributed by atoms with Crippen molar-refractivity contribution in [1.29, 1.82) is 0 Å². The predicted molar refractivity (Wildman–Crippen MR) is 157 cm³/mol. The van der Waals surface area contributed by atoms with Gasteiger partial charge in [-0.25, -0.2) is 0 Å². The Morgan fingerprint density at radius 2 is 0.564 bits per heavy atom. The highest BCUT2D eigenvalue weighted by Gasteiger charge is 2.51. The topological polar surface area (TPSA) is 109 Å². The van der Waals surface area contributed by atoms with Crippen LogP contribution in [0.15, 0.2) is 0 Å². The van der Waals surface area contributed by atoms with Gasteiger partial charge in [0.05, 0.1) is 18.3 Å². The fourth-order valence-corrected chi connectivity index (χ4v) is 8.95. The molecule has 3 aliphatic heterocycles. The molecule has 0 unspecified atom stereocenters. The Balaban J connectivity index is 1.98. The normalized spacial score (nSPS) is 28.5. The number of rotatable bonds is 3. The van der Waals surface area contributed by atoms with Gasteiger partial charge in [-0.2, -0.15) is 15.0 Å². The molecule has 9 heteroatoms. The van der Waals surface area contributed by atoms with Crippen LogP contribution in [0.1, 0.15) is 122 Å². The second-order valence-electron chi connectivity index (χ2n) is 16.3. The van der Waals surface area contributed by atoms with Crippen molar-refractivity contribution in [1.82, 2.24) is 15.0 Å². The summed E-state index contributed by atoms with van der Waals surface area (Å²) in [4.78, 5) is 22.5. The number of aliphatic hydroxyl groups excluding tert-OH is 3. The van der Waals surface area contributed by atoms with Crippen LogP contribution in [-0.2, 0) is 0 Å². The van der Waals surface area contributed by atoms with E-state index < -0.39 is 18.3 Å². The summed E-state index contributed by atoms with van der Waals surface area (Å²) < 4.78 is 0. The maximum atomic E-state index is 10.7. The van der Waals surface area contributed by atoms with Gasteiger partial charge in [0.1, 0.15) is 0 Å². The molecule has 1 aromatic heterocycles. The lowest BCUT2D eigenvalue weighted by Gasteiger charge is -2.57. The highest BCUT2D eigenvalue weighted by Crippen LogP contribution is 2.47. The zero-order chi connectivity index (χ0) is 29.6. The Bertz CT molecular complexity index is 883. The molecule has 3 saturated heterocycles. The first kappa shape index (κ1) is 30.3. The van der Waals surface area contributed by atoms with Crippen molar-refractivity contribution in [2.75, 3.05) is 14.7 Å². The van der Waals surface area contributed by atoms with Gasteiger partial charge in [0.15, 0.2) is 0 Å². The lowest BCUT2D eigenvalue weighted by Crippen LogP contribution is -2.65. The molecule has 39 heavy (non-hydrogen) atoms. The van der Waals surface area contributed by atoms with Gasteiger partial charge in [0.25, 0.3) is 0 Å². The van der Waals surface area contributed by atoms with E-state index in [2.05, 4.69) is 97.8 Å². The summed E-state index contributed by atoms with van der Waals surface area (Å²) >= 11 is 0. The van der Waals surface area contributed by atoms with E-state index in [1.807, 2.05) is 0 Å². The fourth-order valence-electron chi connectivity index (χ4n) is 8.95. The maximum absolute atomic E-state index is 10.7. The lowest BCUT2D eigenvalue weighted by molar-refractivity contribution is 0.0617. The average Bonchev–Trinajstić information content (AvgIpc) is 2.59. The Labute approximate surface area is 236 Å². The third-order valence-corrected chi connectivity index (χ3v) is 9.24. The SMILES string of the molecule is CC1(C)CC(O)CC(C)(C)N1c1nc(N2C(C)(C)CC(O)CC2(C)C)nc(N2C(C)(C)CC(O)CC2(C)C)n1. The highest BCUT2D eigenvalue weighted by molar-refractivity contribution is 5.55. The van der Waals surface area contributed by atoms with Crippen LogP contribution in [0.2, 0.25) is 0 Å². The van der Waals surface area contributed by atoms with Crippen LogP contribution in [0.3, 0.4) is 0 Å². The minimum atomic E-state index is -0.394. The number of hydrogen-bond acceptors (Lipinski definition) is 9. The molecule has 222 valence electrons. The predicted octanol–water partition coefficient (Wildman–Crippen LogP) is 4.43. The van der Waals surface area contributed by atoms with E-state index in [9.17, 15) is 15.3 Å². The van der Waals surface area contributed by atoms with Gasteiger partial charge in [0, 0.05) is 33.2 Å². The van der Waals surface area contributed by atoms with Gasteiger partial charge < -0.3 is 30.0 Å². The summed E-state index contributed by atoms with van der Waals surface area (Å²) in [7, 11) is 0. The Morgan fingerprint density at radius 1 is 0.410 bits per heavy atom. The van der Waals surface area contributed by atoms with E-state index in [0.717, 1.165) is 0 Å². The molecule has 4 rings (SSSR count). The molecule has 0 atom stereocenters. The summed E-state index contributed by atoms with van der Waals surface area (Å²) in [5, 5.41) is 32.2. The zero-order valence-electron chi connectivity index (χ0n) is 26.5. The van der Waals surface area contributed by atoms with E-state index in [0.29, 0.717) is 56.4 Å². The lowest BCUT2D eigenvalue weighted by atomic mass is 9.78. The minimum Gasteiger partial charge on any atom is -0.393 e. The molecule has 0 amide bonds. The minimum absolute atomic E-state index is 0.386. The van der Waals surface area contributed by atoms with Gasteiger partial charge in [-0.3, -0.25) is 0 Å². The molecule has 0 spiro atoms. The Kier molecular flexibility index (Phi) is 7.10. The molecule has 9 nitrogen and oxygen atoms in total. The van der Waals surface area contributed by atoms with Gasteiger partial charge in [-0.1, -0.05) is 0 Å². The molecule has 4 heterocycles. The van der Waals surface area contributed by atoms with Crippen LogP contribution in [0.25, 0.3) is 0 Å². The summed E-state index contributed by atoms with van der Waals surface area (Å²) in [6.45, 7) is 25.8. The van der Waals surface area contributed by atoms with E-state index in [1.54, 1.807) is 0 Å². The molecule has 0 saturated carbocycles. The summed E-state index contributed by atoms with van der Waals surface area (Å²) in [6, 6.07) is 0. The molecule has 0 bridgehead atoms. The number of aromatic nitrogens is 3. The zero-order valence-corrected chi connectivity index (χ0v) is 26.5. The molecule has 3 fully saturated rings. The molecular weight excluding hydrogens is 492 g/mol. The second-order valence-corrected chi connectivity index (χ2v) is 16.3.